The van der Waals surface area contributed by atoms with E-state index in [-0.39, 0.29) is 11.6 Å². The Balaban J connectivity index is 2.14. The number of halogens is 1. The Hall–Kier alpha value is -2.76. The molecule has 0 saturated heterocycles. The summed E-state index contributed by atoms with van der Waals surface area (Å²) in [6.07, 6.45) is 0. The first kappa shape index (κ1) is 18.6. The minimum atomic E-state index is -0.255. The van der Waals surface area contributed by atoms with Crippen molar-refractivity contribution in [2.45, 2.75) is 20.0 Å². The third kappa shape index (κ3) is 5.11. The van der Waals surface area contributed by atoms with E-state index in [9.17, 15) is 9.50 Å². The number of rotatable bonds is 6. The van der Waals surface area contributed by atoms with Crippen LogP contribution in [0.2, 0.25) is 0 Å². The van der Waals surface area contributed by atoms with Gasteiger partial charge in [0.2, 0.25) is 0 Å². The highest BCUT2D eigenvalue weighted by Crippen LogP contribution is 2.29. The second kappa shape index (κ2) is 8.92. The monoisotopic (exact) mass is 345 g/mol. The lowest BCUT2D eigenvalue weighted by atomic mass is 10.2. The van der Waals surface area contributed by atoms with Gasteiger partial charge >= 0.3 is 0 Å². The maximum absolute atomic E-state index is 13.3. The summed E-state index contributed by atoms with van der Waals surface area (Å²) in [6, 6.07) is 11.8. The van der Waals surface area contributed by atoms with Crippen molar-refractivity contribution in [2.75, 3.05) is 20.7 Å². The number of hydrogen-bond acceptors (Lipinski definition) is 3. The number of benzene rings is 2. The second-order valence-electron chi connectivity index (χ2n) is 5.62. The van der Waals surface area contributed by atoms with E-state index in [1.165, 1.54) is 19.2 Å². The lowest BCUT2D eigenvalue weighted by Crippen LogP contribution is -2.38. The molecule has 2 aromatic rings. The minimum Gasteiger partial charge on any atom is -0.504 e. The van der Waals surface area contributed by atoms with Gasteiger partial charge in [-0.2, -0.15) is 0 Å². The molecule has 0 heterocycles. The Bertz CT molecular complexity index is 734. The van der Waals surface area contributed by atoms with Crippen LogP contribution in [0.15, 0.2) is 47.5 Å². The number of ether oxygens (including phenoxy) is 1. The van der Waals surface area contributed by atoms with E-state index >= 15 is 0 Å². The molecule has 134 valence electrons. The zero-order valence-corrected chi connectivity index (χ0v) is 14.8. The van der Waals surface area contributed by atoms with Crippen LogP contribution in [0.5, 0.6) is 11.5 Å². The lowest BCUT2D eigenvalue weighted by molar-refractivity contribution is 0.370. The number of methoxy groups -OCH3 is 1. The van der Waals surface area contributed by atoms with E-state index in [4.69, 9.17) is 4.74 Å². The number of aromatic hydroxyl groups is 1. The quantitative estimate of drug-likeness (QED) is 0.624. The van der Waals surface area contributed by atoms with Gasteiger partial charge in [0.25, 0.3) is 0 Å². The number of nitrogens with one attached hydrogen (secondary N) is 1. The zero-order valence-electron chi connectivity index (χ0n) is 14.8. The maximum atomic E-state index is 13.3. The van der Waals surface area contributed by atoms with Crippen LogP contribution in [0.3, 0.4) is 0 Å². The van der Waals surface area contributed by atoms with E-state index < -0.39 is 0 Å². The fourth-order valence-electron chi connectivity index (χ4n) is 2.47. The fraction of sp³-hybridized carbons (Fsp3) is 0.316. The number of phenols is 1. The van der Waals surface area contributed by atoms with Gasteiger partial charge in [0.05, 0.1) is 13.7 Å². The van der Waals surface area contributed by atoms with Crippen LogP contribution in [0.4, 0.5) is 4.39 Å². The zero-order chi connectivity index (χ0) is 18.2. The van der Waals surface area contributed by atoms with Crippen LogP contribution in [0.25, 0.3) is 0 Å². The molecule has 0 bridgehead atoms. The molecule has 0 aliphatic carbocycles. The molecule has 0 radical (unpaired) electrons. The van der Waals surface area contributed by atoms with E-state index in [0.29, 0.717) is 36.9 Å². The number of hydrogen-bond donors (Lipinski definition) is 2. The molecule has 0 atom stereocenters. The van der Waals surface area contributed by atoms with Crippen molar-refractivity contribution >= 4 is 5.96 Å². The van der Waals surface area contributed by atoms with Gasteiger partial charge in [-0.3, -0.25) is 0 Å². The Morgan fingerprint density at radius 3 is 2.72 bits per heavy atom. The summed E-state index contributed by atoms with van der Waals surface area (Å²) in [4.78, 5) is 6.47. The van der Waals surface area contributed by atoms with Crippen LogP contribution in [0, 0.1) is 5.82 Å². The molecule has 0 saturated carbocycles. The topological polar surface area (TPSA) is 57.1 Å². The fourth-order valence-corrected chi connectivity index (χ4v) is 2.47. The molecule has 5 nitrogen and oxygen atoms in total. The summed E-state index contributed by atoms with van der Waals surface area (Å²) in [5.41, 5.74) is 1.53. The normalized spacial score (nSPS) is 11.3. The molecular weight excluding hydrogens is 321 g/mol. The average molecular weight is 345 g/mol. The molecule has 0 spiro atoms. The summed E-state index contributed by atoms with van der Waals surface area (Å²) in [6.45, 7) is 3.51. The van der Waals surface area contributed by atoms with Gasteiger partial charge in [-0.1, -0.05) is 24.3 Å². The van der Waals surface area contributed by atoms with Crippen molar-refractivity contribution in [1.29, 1.82) is 0 Å². The Morgan fingerprint density at radius 1 is 1.28 bits per heavy atom. The number of nitrogens with zero attached hydrogens (tertiary/aromatic N) is 2. The molecule has 0 aromatic heterocycles. The summed E-state index contributed by atoms with van der Waals surface area (Å²) >= 11 is 0. The van der Waals surface area contributed by atoms with Gasteiger partial charge < -0.3 is 20.1 Å². The summed E-state index contributed by atoms with van der Waals surface area (Å²) in [5.74, 6) is 0.936. The highest BCUT2D eigenvalue weighted by molar-refractivity contribution is 5.79. The van der Waals surface area contributed by atoms with Crippen molar-refractivity contribution in [2.24, 2.45) is 4.99 Å². The van der Waals surface area contributed by atoms with Crippen LogP contribution in [-0.2, 0) is 13.1 Å². The maximum Gasteiger partial charge on any atom is 0.194 e. The molecule has 0 aliphatic rings. The summed E-state index contributed by atoms with van der Waals surface area (Å²) < 4.78 is 18.5. The third-order valence-corrected chi connectivity index (χ3v) is 3.71. The molecule has 6 heteroatoms. The molecule has 0 fully saturated rings. The third-order valence-electron chi connectivity index (χ3n) is 3.71. The summed E-state index contributed by atoms with van der Waals surface area (Å²) in [5, 5.41) is 13.4. The van der Waals surface area contributed by atoms with Crippen molar-refractivity contribution in [1.82, 2.24) is 10.2 Å². The van der Waals surface area contributed by atoms with Crippen LogP contribution in [-0.4, -0.2) is 36.7 Å². The smallest absolute Gasteiger partial charge is 0.194 e. The SMILES string of the molecule is CCNC(=NCc1cccc(OC)c1O)N(C)Cc1cccc(F)c1. The van der Waals surface area contributed by atoms with E-state index in [1.54, 1.807) is 18.2 Å². The standard InChI is InChI=1S/C19H24FN3O2/c1-4-21-19(23(2)13-14-7-5-9-16(20)11-14)22-12-15-8-6-10-17(25-3)18(15)24/h5-11,24H,4,12-13H2,1-3H3,(H,21,22). The van der Waals surface area contributed by atoms with Gasteiger partial charge in [0.1, 0.15) is 5.82 Å². The first-order chi connectivity index (χ1) is 12.0. The number of para-hydroxylation sites is 1. The predicted molar refractivity (Wildman–Crippen MR) is 97.3 cm³/mol. The molecule has 2 N–H and O–H groups in total. The highest BCUT2D eigenvalue weighted by Gasteiger charge is 2.10. The Labute approximate surface area is 147 Å². The first-order valence-electron chi connectivity index (χ1n) is 8.13. The van der Waals surface area contributed by atoms with Gasteiger partial charge in [0, 0.05) is 25.7 Å². The highest BCUT2D eigenvalue weighted by atomic mass is 19.1. The van der Waals surface area contributed by atoms with Gasteiger partial charge in [-0.25, -0.2) is 9.38 Å². The molecule has 25 heavy (non-hydrogen) atoms. The van der Waals surface area contributed by atoms with Gasteiger partial charge in [0.15, 0.2) is 17.5 Å². The first-order valence-corrected chi connectivity index (χ1v) is 8.13. The van der Waals surface area contributed by atoms with E-state index in [2.05, 4.69) is 10.3 Å². The predicted octanol–water partition coefficient (Wildman–Crippen LogP) is 3.14. The van der Waals surface area contributed by atoms with Crippen molar-refractivity contribution < 1.29 is 14.2 Å². The van der Waals surface area contributed by atoms with Crippen LogP contribution >= 0.6 is 0 Å². The molecule has 2 rings (SSSR count). The molecule has 0 aliphatic heterocycles. The Kier molecular flexibility index (Phi) is 6.62. The van der Waals surface area contributed by atoms with Crippen molar-refractivity contribution in [3.05, 3.63) is 59.4 Å². The van der Waals surface area contributed by atoms with E-state index in [1.807, 2.05) is 31.0 Å². The number of phenolic OH excluding ortho intramolecular Hbond substituents is 1. The van der Waals surface area contributed by atoms with Gasteiger partial charge in [-0.05, 0) is 30.7 Å². The number of aliphatic imine (C=N–C) groups is 1. The Morgan fingerprint density at radius 2 is 2.04 bits per heavy atom. The minimum absolute atomic E-state index is 0.0948. The molecule has 0 unspecified atom stereocenters. The lowest BCUT2D eigenvalue weighted by Gasteiger charge is -2.22. The summed E-state index contributed by atoms with van der Waals surface area (Å²) in [7, 11) is 3.40. The van der Waals surface area contributed by atoms with Crippen molar-refractivity contribution in [3.63, 3.8) is 0 Å². The molecule has 2 aromatic carbocycles. The van der Waals surface area contributed by atoms with E-state index in [0.717, 1.165) is 5.56 Å². The van der Waals surface area contributed by atoms with Crippen LogP contribution in [0.1, 0.15) is 18.1 Å². The average Bonchev–Trinajstić information content (AvgIpc) is 2.59. The second-order valence-corrected chi connectivity index (χ2v) is 5.62. The van der Waals surface area contributed by atoms with Gasteiger partial charge in [-0.15, -0.1) is 0 Å². The largest absolute Gasteiger partial charge is 0.504 e. The molecule has 0 amide bonds. The number of guanidine groups is 1. The molecular formula is C19H24FN3O2. The van der Waals surface area contributed by atoms with Crippen molar-refractivity contribution in [3.8, 4) is 11.5 Å². The van der Waals surface area contributed by atoms with Crippen LogP contribution < -0.4 is 10.1 Å².